The van der Waals surface area contributed by atoms with Gasteiger partial charge in [0.1, 0.15) is 5.69 Å². The molecular formula is C21H22N4O2. The minimum Gasteiger partial charge on any atom is -0.358 e. The van der Waals surface area contributed by atoms with E-state index in [0.717, 1.165) is 16.8 Å². The molecule has 0 saturated carbocycles. The van der Waals surface area contributed by atoms with Crippen molar-refractivity contribution in [3.05, 3.63) is 71.9 Å². The van der Waals surface area contributed by atoms with Gasteiger partial charge in [-0.1, -0.05) is 42.0 Å². The Morgan fingerprint density at radius 3 is 2.52 bits per heavy atom. The number of nitrogens with one attached hydrogen (secondary N) is 1. The molecule has 0 spiro atoms. The second-order valence-electron chi connectivity index (χ2n) is 6.38. The Kier molecular flexibility index (Phi) is 5.35. The lowest BCUT2D eigenvalue weighted by Gasteiger charge is -2.15. The van der Waals surface area contributed by atoms with Gasteiger partial charge in [0, 0.05) is 25.9 Å². The van der Waals surface area contributed by atoms with Crippen LogP contribution in [0.25, 0.3) is 16.9 Å². The van der Waals surface area contributed by atoms with Crippen molar-refractivity contribution in [1.82, 2.24) is 20.0 Å². The minimum absolute atomic E-state index is 0.0148. The lowest BCUT2D eigenvalue weighted by atomic mass is 10.1. The number of aryl methyl sites for hydroxylation is 1. The molecule has 0 aliphatic carbocycles. The summed E-state index contributed by atoms with van der Waals surface area (Å²) in [7, 11) is 3.16. The highest BCUT2D eigenvalue weighted by Gasteiger charge is 2.22. The Morgan fingerprint density at radius 2 is 1.85 bits per heavy atom. The highest BCUT2D eigenvalue weighted by atomic mass is 16.2. The van der Waals surface area contributed by atoms with Crippen LogP contribution >= 0.6 is 0 Å². The van der Waals surface area contributed by atoms with Crippen molar-refractivity contribution in [1.29, 1.82) is 0 Å². The molecule has 6 heteroatoms. The fraction of sp³-hybridized carbons (Fsp3) is 0.190. The smallest absolute Gasteiger partial charge is 0.257 e. The average Bonchev–Trinajstić information content (AvgIpc) is 3.13. The summed E-state index contributed by atoms with van der Waals surface area (Å²) in [4.78, 5) is 26.1. The quantitative estimate of drug-likeness (QED) is 0.759. The maximum atomic E-state index is 13.0. The van der Waals surface area contributed by atoms with E-state index in [9.17, 15) is 9.59 Å². The zero-order valence-corrected chi connectivity index (χ0v) is 15.6. The maximum Gasteiger partial charge on any atom is 0.257 e. The zero-order valence-electron chi connectivity index (χ0n) is 15.6. The van der Waals surface area contributed by atoms with Gasteiger partial charge in [0.05, 0.1) is 17.8 Å². The molecule has 1 heterocycles. The molecule has 0 atom stereocenters. The molecule has 2 amide bonds. The number of nitrogens with zero attached hydrogens (tertiary/aromatic N) is 3. The number of carbonyl (C=O) groups is 2. The molecule has 0 saturated heterocycles. The first-order valence-electron chi connectivity index (χ1n) is 8.67. The number of benzene rings is 2. The number of para-hydroxylation sites is 1. The van der Waals surface area contributed by atoms with Gasteiger partial charge in [-0.05, 0) is 25.1 Å². The van der Waals surface area contributed by atoms with Gasteiger partial charge in [0.25, 0.3) is 5.91 Å². The first-order chi connectivity index (χ1) is 13.0. The van der Waals surface area contributed by atoms with Gasteiger partial charge in [-0.3, -0.25) is 9.59 Å². The fourth-order valence-corrected chi connectivity index (χ4v) is 2.82. The summed E-state index contributed by atoms with van der Waals surface area (Å²) in [5.41, 5.74) is 3.85. The van der Waals surface area contributed by atoms with Crippen LogP contribution in [-0.2, 0) is 4.79 Å². The lowest BCUT2D eigenvalue weighted by Crippen LogP contribution is -2.36. The molecular weight excluding hydrogens is 340 g/mol. The largest absolute Gasteiger partial charge is 0.358 e. The highest BCUT2D eigenvalue weighted by molar-refractivity contribution is 6.01. The van der Waals surface area contributed by atoms with E-state index in [1.807, 2.05) is 61.5 Å². The fourth-order valence-electron chi connectivity index (χ4n) is 2.82. The van der Waals surface area contributed by atoms with Gasteiger partial charge >= 0.3 is 0 Å². The van der Waals surface area contributed by atoms with Crippen LogP contribution in [0.3, 0.4) is 0 Å². The van der Waals surface area contributed by atoms with Crippen LogP contribution in [0.5, 0.6) is 0 Å². The van der Waals surface area contributed by atoms with Crippen molar-refractivity contribution >= 4 is 11.8 Å². The normalized spacial score (nSPS) is 10.5. The topological polar surface area (TPSA) is 67.2 Å². The highest BCUT2D eigenvalue weighted by Crippen LogP contribution is 2.25. The molecule has 0 radical (unpaired) electrons. The molecule has 0 fully saturated rings. The van der Waals surface area contributed by atoms with Crippen LogP contribution in [0.4, 0.5) is 0 Å². The Morgan fingerprint density at radius 1 is 1.11 bits per heavy atom. The summed E-state index contributed by atoms with van der Waals surface area (Å²) in [5.74, 6) is -0.476. The molecule has 3 aromatic rings. The molecule has 0 bridgehead atoms. The van der Waals surface area contributed by atoms with Crippen molar-refractivity contribution in [2.24, 2.45) is 0 Å². The van der Waals surface area contributed by atoms with E-state index in [1.54, 1.807) is 25.0 Å². The van der Waals surface area contributed by atoms with Gasteiger partial charge in [-0.2, -0.15) is 5.10 Å². The van der Waals surface area contributed by atoms with Gasteiger partial charge in [0.15, 0.2) is 0 Å². The predicted molar refractivity (Wildman–Crippen MR) is 105 cm³/mol. The van der Waals surface area contributed by atoms with Crippen molar-refractivity contribution in [3.8, 4) is 16.9 Å². The van der Waals surface area contributed by atoms with Crippen LogP contribution in [0, 0.1) is 6.92 Å². The zero-order chi connectivity index (χ0) is 19.4. The summed E-state index contributed by atoms with van der Waals surface area (Å²) in [6.45, 7) is 1.98. The second kappa shape index (κ2) is 7.86. The summed E-state index contributed by atoms with van der Waals surface area (Å²) < 4.78 is 1.69. The Hall–Kier alpha value is -3.41. The van der Waals surface area contributed by atoms with E-state index in [-0.39, 0.29) is 18.4 Å². The van der Waals surface area contributed by atoms with Crippen molar-refractivity contribution < 1.29 is 9.59 Å². The number of aromatic nitrogens is 2. The molecule has 2 aromatic carbocycles. The van der Waals surface area contributed by atoms with Crippen molar-refractivity contribution in [3.63, 3.8) is 0 Å². The predicted octanol–water partition coefficient (Wildman–Crippen LogP) is 2.67. The Balaban J connectivity index is 2.06. The molecule has 138 valence electrons. The minimum atomic E-state index is -0.253. The number of rotatable bonds is 5. The molecule has 3 rings (SSSR count). The molecule has 1 N–H and O–H groups in total. The molecule has 1 aromatic heterocycles. The molecule has 0 aliphatic rings. The second-order valence-corrected chi connectivity index (χ2v) is 6.38. The maximum absolute atomic E-state index is 13.0. The third-order valence-corrected chi connectivity index (χ3v) is 4.26. The third kappa shape index (κ3) is 4.06. The van der Waals surface area contributed by atoms with E-state index >= 15 is 0 Å². The number of hydrogen-bond acceptors (Lipinski definition) is 3. The van der Waals surface area contributed by atoms with Crippen molar-refractivity contribution in [2.45, 2.75) is 6.92 Å². The van der Waals surface area contributed by atoms with E-state index in [1.165, 1.54) is 4.90 Å². The van der Waals surface area contributed by atoms with Gasteiger partial charge in [-0.25, -0.2) is 4.68 Å². The molecule has 6 nitrogen and oxygen atoms in total. The summed E-state index contributed by atoms with van der Waals surface area (Å²) in [6.07, 6.45) is 1.72. The van der Waals surface area contributed by atoms with Crippen LogP contribution in [0.15, 0.2) is 60.8 Å². The van der Waals surface area contributed by atoms with E-state index in [0.29, 0.717) is 11.3 Å². The summed E-state index contributed by atoms with van der Waals surface area (Å²) >= 11 is 0. The number of likely N-dealkylation sites (N-methyl/N-ethyl adjacent to an activating group) is 2. The molecule has 27 heavy (non-hydrogen) atoms. The van der Waals surface area contributed by atoms with Gasteiger partial charge in [0.2, 0.25) is 5.91 Å². The monoisotopic (exact) mass is 362 g/mol. The van der Waals surface area contributed by atoms with Crippen LogP contribution in [0.1, 0.15) is 15.9 Å². The molecule has 0 unspecified atom stereocenters. The first-order valence-corrected chi connectivity index (χ1v) is 8.67. The molecule has 0 aliphatic heterocycles. The Bertz CT molecular complexity index is 963. The third-order valence-electron chi connectivity index (χ3n) is 4.26. The number of hydrogen-bond donors (Lipinski definition) is 1. The van der Waals surface area contributed by atoms with Crippen LogP contribution < -0.4 is 5.32 Å². The van der Waals surface area contributed by atoms with Crippen LogP contribution in [-0.4, -0.2) is 47.1 Å². The standard InChI is InChI=1S/C21H22N4O2/c1-15-8-7-9-16(12-15)20-18(21(27)24(3)14-19(26)22-2)13-25(23-20)17-10-5-4-6-11-17/h4-13H,14H2,1-3H3,(H,22,26). The van der Waals surface area contributed by atoms with E-state index in [4.69, 9.17) is 0 Å². The summed E-state index contributed by atoms with van der Waals surface area (Å²) in [6, 6.07) is 17.5. The van der Waals surface area contributed by atoms with E-state index < -0.39 is 0 Å². The Labute approximate surface area is 158 Å². The van der Waals surface area contributed by atoms with Crippen molar-refractivity contribution in [2.75, 3.05) is 20.6 Å². The van der Waals surface area contributed by atoms with E-state index in [2.05, 4.69) is 10.4 Å². The van der Waals surface area contributed by atoms with Gasteiger partial charge in [-0.15, -0.1) is 0 Å². The number of carbonyl (C=O) groups excluding carboxylic acids is 2. The SMILES string of the molecule is CNC(=O)CN(C)C(=O)c1cn(-c2ccccc2)nc1-c1cccc(C)c1. The van der Waals surface area contributed by atoms with Crippen LogP contribution in [0.2, 0.25) is 0 Å². The lowest BCUT2D eigenvalue weighted by molar-refractivity contribution is -0.121. The summed E-state index contributed by atoms with van der Waals surface area (Å²) in [5, 5.41) is 7.20. The average molecular weight is 362 g/mol. The van der Waals surface area contributed by atoms with Gasteiger partial charge < -0.3 is 10.2 Å². The number of amides is 2. The first kappa shape index (κ1) is 18.4.